The van der Waals surface area contributed by atoms with E-state index in [4.69, 9.17) is 0 Å². The number of rotatable bonds is 2. The molecule has 0 aromatic carbocycles. The molecule has 1 N–H and O–H groups in total. The molecule has 15 heavy (non-hydrogen) atoms. The predicted octanol–water partition coefficient (Wildman–Crippen LogP) is 1.75. The molecular weight excluding hydrogens is 188 g/mol. The average molecular weight is 204 g/mol. The fraction of sp³-hybridized carbons (Fsp3) is 0.500. The van der Waals surface area contributed by atoms with Gasteiger partial charge < -0.3 is 5.32 Å². The monoisotopic (exact) mass is 204 g/mol. The summed E-state index contributed by atoms with van der Waals surface area (Å²) in [5.74, 6) is 0.513. The van der Waals surface area contributed by atoms with Crippen molar-refractivity contribution in [2.45, 2.75) is 25.7 Å². The van der Waals surface area contributed by atoms with Crippen LogP contribution in [0.5, 0.6) is 0 Å². The number of aromatic nitrogens is 1. The molecule has 1 atom stereocenters. The lowest BCUT2D eigenvalue weighted by molar-refractivity contribution is 0.101. The molecule has 80 valence electrons. The van der Waals surface area contributed by atoms with E-state index in [-0.39, 0.29) is 5.78 Å². The van der Waals surface area contributed by atoms with E-state index < -0.39 is 0 Å². The highest BCUT2D eigenvalue weighted by Gasteiger charge is 2.16. The fourth-order valence-corrected chi connectivity index (χ4v) is 1.98. The summed E-state index contributed by atoms with van der Waals surface area (Å²) >= 11 is 0. The molecule has 0 aliphatic carbocycles. The Hall–Kier alpha value is -1.22. The van der Waals surface area contributed by atoms with Gasteiger partial charge in [-0.15, -0.1) is 0 Å². The molecule has 1 aliphatic heterocycles. The Morgan fingerprint density at radius 2 is 2.40 bits per heavy atom. The van der Waals surface area contributed by atoms with Crippen LogP contribution in [0.3, 0.4) is 0 Å². The van der Waals surface area contributed by atoms with Crippen LogP contribution in [0.1, 0.15) is 41.9 Å². The van der Waals surface area contributed by atoms with E-state index in [1.54, 1.807) is 13.0 Å². The van der Waals surface area contributed by atoms with Crippen LogP contribution in [0.4, 0.5) is 0 Å². The summed E-state index contributed by atoms with van der Waals surface area (Å²) in [6.45, 7) is 3.64. The maximum atomic E-state index is 11.2. The van der Waals surface area contributed by atoms with Crippen LogP contribution in [-0.4, -0.2) is 23.9 Å². The number of ketones is 1. The Kier molecular flexibility index (Phi) is 3.11. The third-order valence-corrected chi connectivity index (χ3v) is 2.85. The largest absolute Gasteiger partial charge is 0.316 e. The number of piperidine rings is 1. The first-order chi connectivity index (χ1) is 7.27. The first kappa shape index (κ1) is 10.3. The van der Waals surface area contributed by atoms with Crippen molar-refractivity contribution in [1.82, 2.24) is 10.3 Å². The zero-order chi connectivity index (χ0) is 10.7. The molecule has 0 bridgehead atoms. The quantitative estimate of drug-likeness (QED) is 0.746. The van der Waals surface area contributed by atoms with E-state index >= 15 is 0 Å². The van der Waals surface area contributed by atoms with Crippen molar-refractivity contribution in [3.05, 3.63) is 29.6 Å². The highest BCUT2D eigenvalue weighted by molar-refractivity contribution is 5.92. The summed E-state index contributed by atoms with van der Waals surface area (Å²) in [5.41, 5.74) is 1.63. The Bertz CT molecular complexity index is 356. The zero-order valence-electron chi connectivity index (χ0n) is 8.99. The van der Waals surface area contributed by atoms with Gasteiger partial charge in [-0.25, -0.2) is 4.98 Å². The van der Waals surface area contributed by atoms with Crippen molar-refractivity contribution < 1.29 is 4.79 Å². The van der Waals surface area contributed by atoms with Crippen molar-refractivity contribution in [3.8, 4) is 0 Å². The molecule has 0 spiro atoms. The second kappa shape index (κ2) is 4.53. The number of carbonyl (C=O) groups excluding carboxylic acids is 1. The normalized spacial score (nSPS) is 21.3. The van der Waals surface area contributed by atoms with E-state index in [1.807, 2.05) is 12.1 Å². The minimum absolute atomic E-state index is 0.0422. The van der Waals surface area contributed by atoms with Gasteiger partial charge in [0.15, 0.2) is 5.78 Å². The number of hydrogen-bond donors (Lipinski definition) is 1. The number of carbonyl (C=O) groups is 1. The molecule has 1 aliphatic rings. The Morgan fingerprint density at radius 3 is 3.07 bits per heavy atom. The molecule has 2 heterocycles. The topological polar surface area (TPSA) is 42.0 Å². The predicted molar refractivity (Wildman–Crippen MR) is 59.1 cm³/mol. The van der Waals surface area contributed by atoms with Gasteiger partial charge in [0.25, 0.3) is 0 Å². The third-order valence-electron chi connectivity index (χ3n) is 2.85. The van der Waals surface area contributed by atoms with Gasteiger partial charge in [-0.2, -0.15) is 0 Å². The lowest BCUT2D eigenvalue weighted by atomic mass is 9.95. The Labute approximate surface area is 89.9 Å². The van der Waals surface area contributed by atoms with Gasteiger partial charge >= 0.3 is 0 Å². The number of nitrogens with one attached hydrogen (secondary N) is 1. The van der Waals surface area contributed by atoms with Crippen molar-refractivity contribution in [3.63, 3.8) is 0 Å². The van der Waals surface area contributed by atoms with Crippen LogP contribution in [-0.2, 0) is 0 Å². The zero-order valence-corrected chi connectivity index (χ0v) is 8.99. The summed E-state index contributed by atoms with van der Waals surface area (Å²) in [6, 6.07) is 5.72. The maximum Gasteiger partial charge on any atom is 0.178 e. The molecule has 0 radical (unpaired) electrons. The summed E-state index contributed by atoms with van der Waals surface area (Å²) < 4.78 is 0. The number of Topliss-reactive ketones (excluding diaryl/α,β-unsaturated/α-hetero) is 1. The van der Waals surface area contributed by atoms with E-state index in [0.717, 1.165) is 18.8 Å². The SMILES string of the molecule is CC(=O)c1cccc(C2CCCNC2)n1. The van der Waals surface area contributed by atoms with Crippen molar-refractivity contribution >= 4 is 5.78 Å². The molecular formula is C12H16N2O. The standard InChI is InChI=1S/C12H16N2O/c1-9(15)11-5-2-6-12(14-11)10-4-3-7-13-8-10/h2,5-6,10,13H,3-4,7-8H2,1H3. The lowest BCUT2D eigenvalue weighted by Gasteiger charge is -2.22. The fourth-order valence-electron chi connectivity index (χ4n) is 1.98. The minimum atomic E-state index is 0.0422. The first-order valence-electron chi connectivity index (χ1n) is 5.46. The van der Waals surface area contributed by atoms with Crippen LogP contribution in [0.25, 0.3) is 0 Å². The second-order valence-electron chi connectivity index (χ2n) is 4.05. The summed E-state index contributed by atoms with van der Waals surface area (Å²) in [7, 11) is 0. The van der Waals surface area contributed by atoms with Gasteiger partial charge in [0, 0.05) is 25.1 Å². The number of pyridine rings is 1. The molecule has 1 fully saturated rings. The Balaban J connectivity index is 2.19. The third kappa shape index (κ3) is 2.42. The number of nitrogens with zero attached hydrogens (tertiary/aromatic N) is 1. The molecule has 1 aromatic heterocycles. The van der Waals surface area contributed by atoms with Crippen LogP contribution in [0.2, 0.25) is 0 Å². The highest BCUT2D eigenvalue weighted by atomic mass is 16.1. The molecule has 1 unspecified atom stereocenters. The Morgan fingerprint density at radius 1 is 1.53 bits per heavy atom. The molecule has 2 rings (SSSR count). The summed E-state index contributed by atoms with van der Waals surface area (Å²) in [6.07, 6.45) is 2.36. The van der Waals surface area contributed by atoms with Gasteiger partial charge in [-0.1, -0.05) is 6.07 Å². The maximum absolute atomic E-state index is 11.2. The van der Waals surface area contributed by atoms with E-state index in [9.17, 15) is 4.79 Å². The van der Waals surface area contributed by atoms with E-state index in [1.165, 1.54) is 12.8 Å². The number of hydrogen-bond acceptors (Lipinski definition) is 3. The van der Waals surface area contributed by atoms with Crippen LogP contribution in [0, 0.1) is 0 Å². The molecule has 0 saturated carbocycles. The minimum Gasteiger partial charge on any atom is -0.316 e. The molecule has 3 nitrogen and oxygen atoms in total. The molecule has 1 saturated heterocycles. The van der Waals surface area contributed by atoms with Gasteiger partial charge in [0.2, 0.25) is 0 Å². The van der Waals surface area contributed by atoms with Crippen molar-refractivity contribution in [2.24, 2.45) is 0 Å². The van der Waals surface area contributed by atoms with Crippen molar-refractivity contribution in [1.29, 1.82) is 0 Å². The van der Waals surface area contributed by atoms with Crippen LogP contribution >= 0.6 is 0 Å². The van der Waals surface area contributed by atoms with Gasteiger partial charge in [-0.3, -0.25) is 4.79 Å². The summed E-state index contributed by atoms with van der Waals surface area (Å²) in [4.78, 5) is 15.6. The lowest BCUT2D eigenvalue weighted by Crippen LogP contribution is -2.29. The van der Waals surface area contributed by atoms with Gasteiger partial charge in [0.1, 0.15) is 5.69 Å². The molecule has 0 amide bonds. The average Bonchev–Trinajstić information content (AvgIpc) is 2.30. The first-order valence-corrected chi connectivity index (χ1v) is 5.46. The molecule has 1 aromatic rings. The van der Waals surface area contributed by atoms with Crippen LogP contribution in [0.15, 0.2) is 18.2 Å². The van der Waals surface area contributed by atoms with E-state index in [0.29, 0.717) is 11.6 Å². The van der Waals surface area contributed by atoms with Crippen molar-refractivity contribution in [2.75, 3.05) is 13.1 Å². The smallest absolute Gasteiger partial charge is 0.178 e. The highest BCUT2D eigenvalue weighted by Crippen LogP contribution is 2.21. The van der Waals surface area contributed by atoms with Gasteiger partial charge in [0.05, 0.1) is 0 Å². The molecule has 3 heteroatoms. The van der Waals surface area contributed by atoms with E-state index in [2.05, 4.69) is 10.3 Å². The van der Waals surface area contributed by atoms with Crippen LogP contribution < -0.4 is 5.32 Å². The summed E-state index contributed by atoms with van der Waals surface area (Å²) in [5, 5.41) is 3.36. The van der Waals surface area contributed by atoms with Gasteiger partial charge in [-0.05, 0) is 31.5 Å². The second-order valence-corrected chi connectivity index (χ2v) is 4.05.